The van der Waals surface area contributed by atoms with Crippen molar-refractivity contribution in [1.29, 1.82) is 0 Å². The van der Waals surface area contributed by atoms with Gasteiger partial charge < -0.3 is 19.9 Å². The molecule has 0 aromatic carbocycles. The lowest BCUT2D eigenvalue weighted by Gasteiger charge is -2.03. The molecule has 2 rings (SSSR count). The van der Waals surface area contributed by atoms with Gasteiger partial charge in [-0.3, -0.25) is 9.59 Å². The van der Waals surface area contributed by atoms with Crippen LogP contribution in [0.5, 0.6) is 5.75 Å². The van der Waals surface area contributed by atoms with Crippen LogP contribution in [0, 0.1) is 0 Å². The monoisotopic (exact) mass is 337 g/mol. The molecule has 23 heavy (non-hydrogen) atoms. The number of rotatable bonds is 8. The Bertz CT molecular complexity index is 671. The number of nitrogens with zero attached hydrogens (tertiary/aromatic N) is 2. The van der Waals surface area contributed by atoms with Gasteiger partial charge in [0.25, 0.3) is 0 Å². The molecule has 9 heteroatoms. The van der Waals surface area contributed by atoms with E-state index in [2.05, 4.69) is 15.3 Å². The van der Waals surface area contributed by atoms with E-state index in [9.17, 15) is 9.59 Å². The summed E-state index contributed by atoms with van der Waals surface area (Å²) in [6.07, 6.45) is 1.59. The molecular formula is C14H15N3O5S. The smallest absolute Gasteiger partial charge is 0.322 e. The van der Waals surface area contributed by atoms with Crippen molar-refractivity contribution < 1.29 is 24.2 Å². The van der Waals surface area contributed by atoms with Gasteiger partial charge in [-0.2, -0.15) is 0 Å². The Morgan fingerprint density at radius 3 is 2.87 bits per heavy atom. The highest BCUT2D eigenvalue weighted by Crippen LogP contribution is 2.23. The number of pyridine rings is 1. The number of methoxy groups -OCH3 is 1. The fourth-order valence-electron chi connectivity index (χ4n) is 1.63. The summed E-state index contributed by atoms with van der Waals surface area (Å²) >= 11 is 1.36. The second-order valence-electron chi connectivity index (χ2n) is 4.42. The first kappa shape index (κ1) is 16.8. The zero-order valence-corrected chi connectivity index (χ0v) is 13.1. The van der Waals surface area contributed by atoms with Crippen LogP contribution in [0.4, 0.5) is 0 Å². The normalized spacial score (nSPS) is 10.3. The third kappa shape index (κ3) is 5.31. The molecule has 0 aliphatic heterocycles. The zero-order valence-electron chi connectivity index (χ0n) is 12.3. The van der Waals surface area contributed by atoms with Crippen molar-refractivity contribution in [2.75, 3.05) is 20.4 Å². The Hall–Kier alpha value is -2.52. The van der Waals surface area contributed by atoms with E-state index in [0.717, 1.165) is 0 Å². The van der Waals surface area contributed by atoms with Crippen LogP contribution in [0.15, 0.2) is 23.7 Å². The minimum atomic E-state index is -1.09. The van der Waals surface area contributed by atoms with Gasteiger partial charge in [-0.15, -0.1) is 11.3 Å². The maximum Gasteiger partial charge on any atom is 0.322 e. The van der Waals surface area contributed by atoms with Gasteiger partial charge in [-0.1, -0.05) is 0 Å². The summed E-state index contributed by atoms with van der Waals surface area (Å²) in [6, 6.07) is 3.51. The first-order valence-electron chi connectivity index (χ1n) is 6.59. The van der Waals surface area contributed by atoms with Crippen LogP contribution in [0.2, 0.25) is 0 Å². The van der Waals surface area contributed by atoms with Gasteiger partial charge in [-0.05, 0) is 12.1 Å². The van der Waals surface area contributed by atoms with Gasteiger partial charge in [0, 0.05) is 12.5 Å². The topological polar surface area (TPSA) is 111 Å². The molecule has 2 N–H and O–H groups in total. The van der Waals surface area contributed by atoms with Gasteiger partial charge >= 0.3 is 5.97 Å². The quantitative estimate of drug-likeness (QED) is 0.689. The Kier molecular flexibility index (Phi) is 6.01. The number of carboxylic acids is 1. The molecule has 122 valence electrons. The molecule has 0 aliphatic rings. The van der Waals surface area contributed by atoms with Crippen LogP contribution in [-0.4, -0.2) is 47.4 Å². The minimum Gasteiger partial charge on any atom is -0.480 e. The molecule has 1 amide bonds. The number of carbonyl (C=O) groups excluding carboxylic acids is 1. The lowest BCUT2D eigenvalue weighted by molar-refractivity contribution is -0.137. The van der Waals surface area contributed by atoms with Crippen LogP contribution in [-0.2, 0) is 20.7 Å². The second kappa shape index (κ2) is 8.20. The standard InChI is InChI=1S/C14H15N3O5S/c1-21-8-22-10-2-3-11(15-5-10)14-17-9(7-23-14)4-12(18)16-6-13(19)20/h2-3,5,7H,4,6,8H2,1H3,(H,16,18)(H,19,20). The predicted octanol–water partition coefficient (Wildman–Crippen LogP) is 0.931. The molecule has 2 heterocycles. The number of nitrogens with one attached hydrogen (secondary N) is 1. The highest BCUT2D eigenvalue weighted by molar-refractivity contribution is 7.13. The maximum atomic E-state index is 11.6. The second-order valence-corrected chi connectivity index (χ2v) is 5.28. The summed E-state index contributed by atoms with van der Waals surface area (Å²) in [5, 5.41) is 13.2. The van der Waals surface area contributed by atoms with E-state index in [1.165, 1.54) is 18.4 Å². The van der Waals surface area contributed by atoms with E-state index >= 15 is 0 Å². The third-order valence-electron chi connectivity index (χ3n) is 2.63. The van der Waals surface area contributed by atoms with Gasteiger partial charge in [0.2, 0.25) is 5.91 Å². The number of carboxylic acid groups (broad SMARTS) is 1. The third-order valence-corrected chi connectivity index (χ3v) is 3.54. The summed E-state index contributed by atoms with van der Waals surface area (Å²) in [5.74, 6) is -0.891. The lowest BCUT2D eigenvalue weighted by Crippen LogP contribution is -2.30. The van der Waals surface area contributed by atoms with Crippen molar-refractivity contribution in [3.63, 3.8) is 0 Å². The Labute approximate surface area is 136 Å². The number of carbonyl (C=O) groups is 2. The van der Waals surface area contributed by atoms with Crippen molar-refractivity contribution in [2.45, 2.75) is 6.42 Å². The molecule has 2 aromatic rings. The summed E-state index contributed by atoms with van der Waals surface area (Å²) in [5.41, 5.74) is 1.23. The highest BCUT2D eigenvalue weighted by Gasteiger charge is 2.10. The molecular weight excluding hydrogens is 322 g/mol. The molecule has 0 radical (unpaired) electrons. The summed E-state index contributed by atoms with van der Waals surface area (Å²) in [4.78, 5) is 30.5. The van der Waals surface area contributed by atoms with E-state index in [-0.39, 0.29) is 19.1 Å². The number of aromatic nitrogens is 2. The van der Waals surface area contributed by atoms with Crippen molar-refractivity contribution in [1.82, 2.24) is 15.3 Å². The maximum absolute atomic E-state index is 11.6. The van der Waals surface area contributed by atoms with Crippen LogP contribution in [0.1, 0.15) is 5.69 Å². The van der Waals surface area contributed by atoms with E-state index in [0.29, 0.717) is 22.1 Å². The fraction of sp³-hybridized carbons (Fsp3) is 0.286. The van der Waals surface area contributed by atoms with Gasteiger partial charge in [0.1, 0.15) is 17.3 Å². The summed E-state index contributed by atoms with van der Waals surface area (Å²) in [6.45, 7) is -0.256. The van der Waals surface area contributed by atoms with Crippen molar-refractivity contribution >= 4 is 23.2 Å². The first-order chi connectivity index (χ1) is 11.1. The zero-order chi connectivity index (χ0) is 16.7. The number of amides is 1. The Balaban J connectivity index is 1.95. The molecule has 0 unspecified atom stereocenters. The molecule has 0 fully saturated rings. The molecule has 0 atom stereocenters. The summed E-state index contributed by atoms with van der Waals surface area (Å²) in [7, 11) is 1.53. The van der Waals surface area contributed by atoms with Gasteiger partial charge in [0.05, 0.1) is 24.0 Å². The molecule has 0 saturated carbocycles. The van der Waals surface area contributed by atoms with Crippen LogP contribution < -0.4 is 10.1 Å². The summed E-state index contributed by atoms with van der Waals surface area (Å²) < 4.78 is 10.0. The molecule has 0 saturated heterocycles. The number of thiazole rings is 1. The van der Waals surface area contributed by atoms with Crippen LogP contribution in [0.25, 0.3) is 10.7 Å². The van der Waals surface area contributed by atoms with Crippen LogP contribution in [0.3, 0.4) is 0 Å². The SMILES string of the molecule is COCOc1ccc(-c2nc(CC(=O)NCC(=O)O)cs2)nc1. The van der Waals surface area contributed by atoms with E-state index in [1.807, 2.05) is 0 Å². The lowest BCUT2D eigenvalue weighted by atomic mass is 10.3. The molecule has 0 aliphatic carbocycles. The fourth-order valence-corrected chi connectivity index (χ4v) is 2.42. The first-order valence-corrected chi connectivity index (χ1v) is 7.47. The molecule has 0 bridgehead atoms. The average molecular weight is 337 g/mol. The molecule has 0 spiro atoms. The molecule has 8 nitrogen and oxygen atoms in total. The highest BCUT2D eigenvalue weighted by atomic mass is 32.1. The van der Waals surface area contributed by atoms with E-state index in [4.69, 9.17) is 14.6 Å². The van der Waals surface area contributed by atoms with E-state index in [1.54, 1.807) is 23.7 Å². The van der Waals surface area contributed by atoms with Crippen molar-refractivity contribution in [3.8, 4) is 16.5 Å². The number of ether oxygens (including phenoxy) is 2. The minimum absolute atomic E-state index is 0.0266. The van der Waals surface area contributed by atoms with Crippen LogP contribution >= 0.6 is 11.3 Å². The van der Waals surface area contributed by atoms with Crippen molar-refractivity contribution in [3.05, 3.63) is 29.4 Å². The Morgan fingerprint density at radius 1 is 1.39 bits per heavy atom. The van der Waals surface area contributed by atoms with E-state index < -0.39 is 12.5 Å². The van der Waals surface area contributed by atoms with Gasteiger partial charge in [0.15, 0.2) is 6.79 Å². The molecule has 2 aromatic heterocycles. The van der Waals surface area contributed by atoms with Gasteiger partial charge in [-0.25, -0.2) is 9.97 Å². The number of aliphatic carboxylic acids is 1. The average Bonchev–Trinajstić information content (AvgIpc) is 3.00. The number of hydrogen-bond donors (Lipinski definition) is 2. The Morgan fingerprint density at radius 2 is 2.22 bits per heavy atom. The predicted molar refractivity (Wildman–Crippen MR) is 82.2 cm³/mol. The largest absolute Gasteiger partial charge is 0.480 e. The van der Waals surface area contributed by atoms with Crippen molar-refractivity contribution in [2.24, 2.45) is 0 Å². The number of hydrogen-bond acceptors (Lipinski definition) is 7.